The van der Waals surface area contributed by atoms with Gasteiger partial charge in [0.15, 0.2) is 0 Å². The summed E-state index contributed by atoms with van der Waals surface area (Å²) in [6, 6.07) is 22.6. The fraction of sp³-hybridized carbons (Fsp3) is 0.0455. The van der Waals surface area contributed by atoms with Crippen LogP contribution in [0.15, 0.2) is 94.4 Å². The van der Waals surface area contributed by atoms with Crippen molar-refractivity contribution < 1.29 is 17.6 Å². The fourth-order valence-corrected chi connectivity index (χ4v) is 4.06. The highest BCUT2D eigenvalue weighted by Crippen LogP contribution is 2.21. The van der Waals surface area contributed by atoms with Crippen LogP contribution in [0.4, 0.5) is 5.69 Å². The largest absolute Gasteiger partial charge is 0.468 e. The number of carbonyl (C=O) groups excluding carboxylic acids is 1. The number of nitrogens with one attached hydrogen (secondary N) is 2. The Bertz CT molecular complexity index is 1260. The molecule has 0 aliphatic rings. The van der Waals surface area contributed by atoms with Crippen molar-refractivity contribution in [3.63, 3.8) is 0 Å². The van der Waals surface area contributed by atoms with Crippen molar-refractivity contribution in [1.82, 2.24) is 4.72 Å². The first kappa shape index (κ1) is 18.9. The monoisotopic (exact) mass is 406 g/mol. The molecule has 7 heteroatoms. The topological polar surface area (TPSA) is 88.4 Å². The molecule has 0 aliphatic heterocycles. The smallest absolute Gasteiger partial charge is 0.256 e. The summed E-state index contributed by atoms with van der Waals surface area (Å²) < 4.78 is 32.7. The van der Waals surface area contributed by atoms with Crippen LogP contribution >= 0.6 is 0 Å². The minimum Gasteiger partial charge on any atom is -0.468 e. The zero-order chi connectivity index (χ0) is 20.3. The van der Waals surface area contributed by atoms with E-state index in [4.69, 9.17) is 4.42 Å². The van der Waals surface area contributed by atoms with Crippen LogP contribution in [0, 0.1) is 0 Å². The Morgan fingerprint density at radius 3 is 2.52 bits per heavy atom. The van der Waals surface area contributed by atoms with Crippen LogP contribution in [0.5, 0.6) is 0 Å². The Hall–Kier alpha value is -3.42. The van der Waals surface area contributed by atoms with Crippen molar-refractivity contribution in [3.05, 3.63) is 96.4 Å². The number of amides is 1. The summed E-state index contributed by atoms with van der Waals surface area (Å²) in [5, 5.41) is 4.57. The van der Waals surface area contributed by atoms with Crippen LogP contribution < -0.4 is 10.0 Å². The Labute approximate surface area is 168 Å². The molecule has 0 saturated heterocycles. The van der Waals surface area contributed by atoms with E-state index in [-0.39, 0.29) is 17.3 Å². The normalized spacial score (nSPS) is 11.4. The van der Waals surface area contributed by atoms with E-state index in [9.17, 15) is 13.2 Å². The molecule has 0 saturated carbocycles. The van der Waals surface area contributed by atoms with E-state index in [0.29, 0.717) is 17.0 Å². The number of furan rings is 1. The van der Waals surface area contributed by atoms with E-state index in [1.54, 1.807) is 30.3 Å². The molecule has 4 aromatic rings. The highest BCUT2D eigenvalue weighted by atomic mass is 32.2. The van der Waals surface area contributed by atoms with Crippen molar-refractivity contribution >= 4 is 32.4 Å². The average Bonchev–Trinajstić information content (AvgIpc) is 3.26. The van der Waals surface area contributed by atoms with Gasteiger partial charge in [-0.1, -0.05) is 42.5 Å². The van der Waals surface area contributed by atoms with Gasteiger partial charge in [0.2, 0.25) is 10.0 Å². The molecule has 0 unspecified atom stereocenters. The molecule has 1 aromatic heterocycles. The molecule has 4 rings (SSSR count). The third-order valence-electron chi connectivity index (χ3n) is 4.45. The summed E-state index contributed by atoms with van der Waals surface area (Å²) in [7, 11) is -3.76. The third-order valence-corrected chi connectivity index (χ3v) is 5.85. The summed E-state index contributed by atoms with van der Waals surface area (Å²) in [5.41, 5.74) is 0.913. The van der Waals surface area contributed by atoms with Gasteiger partial charge in [0.25, 0.3) is 5.91 Å². The first-order valence-corrected chi connectivity index (χ1v) is 10.4. The molecular formula is C22H18N2O4S. The lowest BCUT2D eigenvalue weighted by Crippen LogP contribution is -2.23. The molecule has 0 fully saturated rings. The van der Waals surface area contributed by atoms with E-state index < -0.39 is 10.0 Å². The first-order chi connectivity index (χ1) is 14.0. The van der Waals surface area contributed by atoms with Crippen LogP contribution in [-0.2, 0) is 16.6 Å². The van der Waals surface area contributed by atoms with E-state index >= 15 is 0 Å². The zero-order valence-corrected chi connectivity index (χ0v) is 16.1. The molecule has 1 amide bonds. The number of rotatable bonds is 6. The second-order valence-corrected chi connectivity index (χ2v) is 8.18. The van der Waals surface area contributed by atoms with Crippen molar-refractivity contribution in [2.24, 2.45) is 0 Å². The highest BCUT2D eigenvalue weighted by Gasteiger charge is 2.16. The highest BCUT2D eigenvalue weighted by molar-refractivity contribution is 7.89. The van der Waals surface area contributed by atoms with Crippen molar-refractivity contribution in [2.75, 3.05) is 5.32 Å². The second kappa shape index (κ2) is 7.90. The molecule has 0 radical (unpaired) electrons. The second-order valence-electron chi connectivity index (χ2n) is 6.41. The maximum Gasteiger partial charge on any atom is 0.256 e. The van der Waals surface area contributed by atoms with Crippen LogP contribution in [0.1, 0.15) is 16.1 Å². The number of benzene rings is 3. The molecule has 29 heavy (non-hydrogen) atoms. The van der Waals surface area contributed by atoms with E-state index in [2.05, 4.69) is 10.0 Å². The van der Waals surface area contributed by atoms with Gasteiger partial charge in [0.05, 0.1) is 17.7 Å². The summed E-state index contributed by atoms with van der Waals surface area (Å²) in [4.78, 5) is 12.8. The van der Waals surface area contributed by atoms with Gasteiger partial charge in [-0.25, -0.2) is 13.1 Å². The summed E-state index contributed by atoms with van der Waals surface area (Å²) in [6.07, 6.45) is 1.48. The Morgan fingerprint density at radius 2 is 1.69 bits per heavy atom. The van der Waals surface area contributed by atoms with E-state index in [0.717, 1.165) is 10.8 Å². The van der Waals surface area contributed by atoms with E-state index in [1.165, 1.54) is 18.4 Å². The first-order valence-electron chi connectivity index (χ1n) is 8.94. The minimum atomic E-state index is -3.76. The summed E-state index contributed by atoms with van der Waals surface area (Å²) >= 11 is 0. The number of hydrogen-bond acceptors (Lipinski definition) is 4. The van der Waals surface area contributed by atoms with Crippen molar-refractivity contribution in [3.8, 4) is 0 Å². The number of anilines is 1. The van der Waals surface area contributed by atoms with E-state index in [1.807, 2.05) is 36.4 Å². The maximum atomic E-state index is 12.8. The van der Waals surface area contributed by atoms with Crippen LogP contribution in [-0.4, -0.2) is 14.3 Å². The van der Waals surface area contributed by atoms with Gasteiger partial charge < -0.3 is 9.73 Å². The molecule has 1 heterocycles. The summed E-state index contributed by atoms with van der Waals surface area (Å²) in [6.45, 7) is 0.0436. The van der Waals surface area contributed by atoms with Crippen LogP contribution in [0.2, 0.25) is 0 Å². The molecule has 0 aliphatic carbocycles. The Morgan fingerprint density at radius 1 is 0.897 bits per heavy atom. The Kier molecular flexibility index (Phi) is 5.16. The quantitative estimate of drug-likeness (QED) is 0.503. The number of carbonyl (C=O) groups is 1. The van der Waals surface area contributed by atoms with Crippen LogP contribution in [0.3, 0.4) is 0 Å². The molecule has 2 N–H and O–H groups in total. The van der Waals surface area contributed by atoms with Gasteiger partial charge in [-0.05, 0) is 47.2 Å². The molecule has 6 nitrogen and oxygen atoms in total. The standard InChI is InChI=1S/C22H18N2O4S/c25-22(21-12-3-7-16-6-1-2-11-20(16)21)24-17-8-4-10-19(14-17)29(26,27)23-15-18-9-5-13-28-18/h1-14,23H,15H2,(H,24,25). The molecule has 3 aromatic carbocycles. The van der Waals surface area contributed by atoms with Gasteiger partial charge in [0, 0.05) is 11.3 Å². The minimum absolute atomic E-state index is 0.0436. The number of fused-ring (bicyclic) bond motifs is 1. The molecule has 0 spiro atoms. The predicted molar refractivity (Wildman–Crippen MR) is 111 cm³/mol. The number of sulfonamides is 1. The van der Waals surface area contributed by atoms with Gasteiger partial charge in [-0.15, -0.1) is 0 Å². The maximum absolute atomic E-state index is 12.8. The Balaban J connectivity index is 1.55. The van der Waals surface area contributed by atoms with Gasteiger partial charge in [-0.2, -0.15) is 0 Å². The predicted octanol–water partition coefficient (Wildman–Crippen LogP) is 4.16. The van der Waals surface area contributed by atoms with Crippen molar-refractivity contribution in [2.45, 2.75) is 11.4 Å². The lowest BCUT2D eigenvalue weighted by molar-refractivity contribution is 0.102. The van der Waals surface area contributed by atoms with Gasteiger partial charge >= 0.3 is 0 Å². The zero-order valence-electron chi connectivity index (χ0n) is 15.3. The number of hydrogen-bond donors (Lipinski definition) is 2. The average molecular weight is 406 g/mol. The van der Waals surface area contributed by atoms with Crippen LogP contribution in [0.25, 0.3) is 10.8 Å². The van der Waals surface area contributed by atoms with Gasteiger partial charge in [-0.3, -0.25) is 4.79 Å². The summed E-state index contributed by atoms with van der Waals surface area (Å²) in [5.74, 6) is 0.203. The third kappa shape index (κ3) is 4.21. The lowest BCUT2D eigenvalue weighted by Gasteiger charge is -2.10. The fourth-order valence-electron chi connectivity index (χ4n) is 3.03. The van der Waals surface area contributed by atoms with Gasteiger partial charge in [0.1, 0.15) is 5.76 Å². The SMILES string of the molecule is O=C(Nc1cccc(S(=O)(=O)NCc2ccco2)c1)c1cccc2ccccc12. The molecule has 0 bridgehead atoms. The molecule has 0 atom stereocenters. The van der Waals surface area contributed by atoms with Crippen molar-refractivity contribution in [1.29, 1.82) is 0 Å². The molecular weight excluding hydrogens is 388 g/mol. The molecule has 146 valence electrons. The lowest BCUT2D eigenvalue weighted by atomic mass is 10.0.